The van der Waals surface area contributed by atoms with Crippen LogP contribution in [0.3, 0.4) is 0 Å². The fraction of sp³-hybridized carbons (Fsp3) is 0.435. The van der Waals surface area contributed by atoms with Crippen molar-refractivity contribution in [3.8, 4) is 11.5 Å². The minimum atomic E-state index is 0.111. The second-order valence-electron chi connectivity index (χ2n) is 7.74. The lowest BCUT2D eigenvalue weighted by Gasteiger charge is -2.22. The molecule has 2 aliphatic rings. The predicted octanol–water partition coefficient (Wildman–Crippen LogP) is 2.19. The Bertz CT molecular complexity index is 836. The van der Waals surface area contributed by atoms with E-state index in [1.165, 1.54) is 21.6 Å². The Kier molecular flexibility index (Phi) is 5.81. The number of hydrogen-bond donors (Lipinski definition) is 2. The molecule has 2 aromatic rings. The lowest BCUT2D eigenvalue weighted by molar-refractivity contribution is -0.910. The Morgan fingerprint density at radius 1 is 1.11 bits per heavy atom. The second-order valence-corrected chi connectivity index (χ2v) is 7.74. The van der Waals surface area contributed by atoms with Gasteiger partial charge in [0.05, 0.1) is 19.8 Å². The van der Waals surface area contributed by atoms with Gasteiger partial charge < -0.3 is 19.7 Å². The van der Waals surface area contributed by atoms with Crippen molar-refractivity contribution >= 4 is 5.91 Å². The fourth-order valence-electron chi connectivity index (χ4n) is 4.19. The number of aryl methyl sites for hydroxylation is 1. The first-order valence-electron chi connectivity index (χ1n) is 10.3. The van der Waals surface area contributed by atoms with Crippen LogP contribution in [0, 0.1) is 6.92 Å². The lowest BCUT2D eigenvalue weighted by Crippen LogP contribution is -3.11. The number of nitrogens with one attached hydrogen (secondary N) is 2. The maximum Gasteiger partial charge on any atom is 0.275 e. The van der Waals surface area contributed by atoms with Crippen LogP contribution in [0.15, 0.2) is 42.5 Å². The molecule has 2 aromatic carbocycles. The Morgan fingerprint density at radius 3 is 2.79 bits per heavy atom. The van der Waals surface area contributed by atoms with Gasteiger partial charge in [0.1, 0.15) is 6.04 Å². The molecule has 2 atom stereocenters. The lowest BCUT2D eigenvalue weighted by atomic mass is 10.0. The number of benzene rings is 2. The van der Waals surface area contributed by atoms with Crippen molar-refractivity contribution in [3.05, 3.63) is 59.2 Å². The monoisotopic (exact) mass is 381 g/mol. The van der Waals surface area contributed by atoms with Crippen LogP contribution < -0.4 is 19.7 Å². The molecule has 2 aliphatic heterocycles. The molecule has 1 amide bonds. The number of quaternary nitrogens is 1. The van der Waals surface area contributed by atoms with Gasteiger partial charge in [-0.1, -0.05) is 24.3 Å². The van der Waals surface area contributed by atoms with E-state index in [2.05, 4.69) is 36.5 Å². The first kappa shape index (κ1) is 18.8. The summed E-state index contributed by atoms with van der Waals surface area (Å²) < 4.78 is 11.6. The summed E-state index contributed by atoms with van der Waals surface area (Å²) >= 11 is 0. The summed E-state index contributed by atoms with van der Waals surface area (Å²) in [5, 5.41) is 3.09. The number of hydrogen-bond acceptors (Lipinski definition) is 3. The number of likely N-dealkylation sites (tertiary alicyclic amines) is 1. The van der Waals surface area contributed by atoms with Crippen molar-refractivity contribution in [2.24, 2.45) is 0 Å². The molecule has 1 unspecified atom stereocenters. The number of carbonyl (C=O) groups excluding carboxylic acids is 1. The normalized spacial score (nSPS) is 21.2. The van der Waals surface area contributed by atoms with Crippen molar-refractivity contribution in [2.75, 3.05) is 26.3 Å². The third-order valence-corrected chi connectivity index (χ3v) is 5.78. The van der Waals surface area contributed by atoms with Crippen LogP contribution in [0.4, 0.5) is 0 Å². The summed E-state index contributed by atoms with van der Waals surface area (Å²) in [6.45, 7) is 5.59. The summed E-state index contributed by atoms with van der Waals surface area (Å²) in [4.78, 5) is 13.9. The highest BCUT2D eigenvalue weighted by Crippen LogP contribution is 2.33. The molecule has 28 heavy (non-hydrogen) atoms. The zero-order chi connectivity index (χ0) is 19.3. The fourth-order valence-corrected chi connectivity index (χ4v) is 4.19. The molecule has 0 bridgehead atoms. The Hall–Kier alpha value is -2.53. The van der Waals surface area contributed by atoms with E-state index in [0.29, 0.717) is 32.3 Å². The average Bonchev–Trinajstić information content (AvgIpc) is 3.02. The van der Waals surface area contributed by atoms with Gasteiger partial charge in [0, 0.05) is 31.4 Å². The van der Waals surface area contributed by atoms with Gasteiger partial charge in [-0.25, -0.2) is 0 Å². The summed E-state index contributed by atoms with van der Waals surface area (Å²) in [6, 6.07) is 14.8. The number of amides is 1. The molecule has 1 saturated heterocycles. The quantitative estimate of drug-likeness (QED) is 0.835. The van der Waals surface area contributed by atoms with Crippen molar-refractivity contribution in [1.29, 1.82) is 0 Å². The molecule has 1 fully saturated rings. The van der Waals surface area contributed by atoms with Gasteiger partial charge in [-0.3, -0.25) is 4.79 Å². The highest BCUT2D eigenvalue weighted by molar-refractivity contribution is 5.76. The van der Waals surface area contributed by atoms with Crippen LogP contribution in [0.2, 0.25) is 0 Å². The highest BCUT2D eigenvalue weighted by atomic mass is 16.5. The second kappa shape index (κ2) is 8.65. The highest BCUT2D eigenvalue weighted by Gasteiger charge is 2.32. The molecule has 0 radical (unpaired) electrons. The van der Waals surface area contributed by atoms with E-state index in [0.717, 1.165) is 37.3 Å². The van der Waals surface area contributed by atoms with Crippen LogP contribution in [0.5, 0.6) is 11.5 Å². The van der Waals surface area contributed by atoms with Gasteiger partial charge in [-0.15, -0.1) is 0 Å². The minimum absolute atomic E-state index is 0.111. The van der Waals surface area contributed by atoms with Gasteiger partial charge >= 0.3 is 0 Å². The van der Waals surface area contributed by atoms with E-state index in [1.807, 2.05) is 18.2 Å². The molecule has 0 aliphatic carbocycles. The average molecular weight is 381 g/mol. The maximum atomic E-state index is 12.6. The van der Waals surface area contributed by atoms with Crippen LogP contribution in [0.1, 0.15) is 42.0 Å². The Labute approximate surface area is 166 Å². The first-order chi connectivity index (χ1) is 13.7. The zero-order valence-corrected chi connectivity index (χ0v) is 16.5. The van der Waals surface area contributed by atoms with Crippen molar-refractivity contribution in [2.45, 2.75) is 38.8 Å². The summed E-state index contributed by atoms with van der Waals surface area (Å²) in [6.07, 6.45) is 3.14. The Morgan fingerprint density at radius 2 is 1.93 bits per heavy atom. The van der Waals surface area contributed by atoms with E-state index in [4.69, 9.17) is 9.47 Å². The standard InChI is InChI=1S/C23H28N2O3/c1-17-6-2-3-7-19(17)15-24-23(26)16-25-11-4-8-20(25)18-9-10-21-22(14-18)28-13-5-12-27-21/h2-3,6-7,9-10,14,20H,4-5,8,11-13,15-16H2,1H3,(H,24,26)/p+1/t20-/m0/s1. The largest absolute Gasteiger partial charge is 0.490 e. The molecule has 5 nitrogen and oxygen atoms in total. The van der Waals surface area contributed by atoms with E-state index in [1.54, 1.807) is 0 Å². The molecular formula is C23H29N2O3+. The van der Waals surface area contributed by atoms with Crippen molar-refractivity contribution < 1.29 is 19.2 Å². The Balaban J connectivity index is 1.39. The third-order valence-electron chi connectivity index (χ3n) is 5.78. The van der Waals surface area contributed by atoms with Gasteiger partial charge in [-0.05, 0) is 36.2 Å². The van der Waals surface area contributed by atoms with Gasteiger partial charge in [0.25, 0.3) is 5.91 Å². The van der Waals surface area contributed by atoms with Crippen LogP contribution in [-0.2, 0) is 11.3 Å². The summed E-state index contributed by atoms with van der Waals surface area (Å²) in [5.41, 5.74) is 3.62. The zero-order valence-electron chi connectivity index (χ0n) is 16.5. The molecule has 2 N–H and O–H groups in total. The topological polar surface area (TPSA) is 52.0 Å². The number of carbonyl (C=O) groups is 1. The first-order valence-corrected chi connectivity index (χ1v) is 10.3. The van der Waals surface area contributed by atoms with Crippen LogP contribution in [-0.4, -0.2) is 32.2 Å². The van der Waals surface area contributed by atoms with E-state index >= 15 is 0 Å². The predicted molar refractivity (Wildman–Crippen MR) is 108 cm³/mol. The number of ether oxygens (including phenoxy) is 2. The van der Waals surface area contributed by atoms with Crippen molar-refractivity contribution in [3.63, 3.8) is 0 Å². The molecule has 148 valence electrons. The number of rotatable bonds is 5. The minimum Gasteiger partial charge on any atom is -0.490 e. The van der Waals surface area contributed by atoms with E-state index in [9.17, 15) is 4.79 Å². The molecule has 5 heteroatoms. The molecule has 4 rings (SSSR count). The summed E-state index contributed by atoms with van der Waals surface area (Å²) in [7, 11) is 0. The molecular weight excluding hydrogens is 352 g/mol. The van der Waals surface area contributed by atoms with Gasteiger partial charge in [0.15, 0.2) is 18.0 Å². The third kappa shape index (κ3) is 4.30. The molecule has 2 heterocycles. The van der Waals surface area contributed by atoms with Crippen LogP contribution >= 0.6 is 0 Å². The summed E-state index contributed by atoms with van der Waals surface area (Å²) in [5.74, 6) is 1.78. The van der Waals surface area contributed by atoms with E-state index in [-0.39, 0.29) is 5.91 Å². The van der Waals surface area contributed by atoms with Gasteiger partial charge in [-0.2, -0.15) is 0 Å². The van der Waals surface area contributed by atoms with Gasteiger partial charge in [0.2, 0.25) is 0 Å². The number of fused-ring (bicyclic) bond motifs is 1. The smallest absolute Gasteiger partial charge is 0.275 e. The van der Waals surface area contributed by atoms with Crippen LogP contribution in [0.25, 0.3) is 0 Å². The SMILES string of the molecule is Cc1ccccc1CNC(=O)C[NH+]1CCC[C@H]1c1ccc2c(c1)OCCCO2. The molecule has 0 spiro atoms. The maximum absolute atomic E-state index is 12.6. The molecule has 0 saturated carbocycles. The van der Waals surface area contributed by atoms with Crippen molar-refractivity contribution in [1.82, 2.24) is 5.32 Å². The van der Waals surface area contributed by atoms with E-state index < -0.39 is 0 Å². The molecule has 0 aromatic heterocycles.